The minimum Gasteiger partial charge on any atom is -0.315 e. The van der Waals surface area contributed by atoms with Crippen LogP contribution in [0.25, 0.3) is 0 Å². The highest BCUT2D eigenvalue weighted by molar-refractivity contribution is 5.00. The Bertz CT molecular complexity index is 298. The number of nitrogens with one attached hydrogen (secondary N) is 1. The molecule has 4 unspecified atom stereocenters. The molecule has 1 aliphatic carbocycles. The zero-order valence-electron chi connectivity index (χ0n) is 15.0. The van der Waals surface area contributed by atoms with Crippen LogP contribution >= 0.6 is 0 Å². The van der Waals surface area contributed by atoms with E-state index in [1.807, 2.05) is 0 Å². The van der Waals surface area contributed by atoms with Gasteiger partial charge in [0.05, 0.1) is 0 Å². The molecule has 2 heteroatoms. The number of likely N-dealkylation sites (tertiary alicyclic amines) is 1. The van der Waals surface area contributed by atoms with Crippen LogP contribution in [-0.2, 0) is 0 Å². The molecule has 1 heterocycles. The van der Waals surface area contributed by atoms with Crippen LogP contribution in [0.3, 0.4) is 0 Å². The maximum Gasteiger partial charge on any atom is 0.0334 e. The quantitative estimate of drug-likeness (QED) is 0.779. The lowest BCUT2D eigenvalue weighted by Crippen LogP contribution is -2.62. The summed E-state index contributed by atoms with van der Waals surface area (Å²) < 4.78 is 0. The second-order valence-electron chi connectivity index (χ2n) is 7.73. The Balaban J connectivity index is 2.11. The van der Waals surface area contributed by atoms with Crippen molar-refractivity contribution >= 4 is 0 Å². The summed E-state index contributed by atoms with van der Waals surface area (Å²) in [7, 11) is 2.21. The predicted octanol–water partition coefficient (Wildman–Crippen LogP) is 4.45. The number of nitrogens with zero attached hydrogens (tertiary/aromatic N) is 1. The van der Waals surface area contributed by atoms with Crippen molar-refractivity contribution in [3.63, 3.8) is 0 Å². The largest absolute Gasteiger partial charge is 0.315 e. The lowest BCUT2D eigenvalue weighted by Gasteiger charge is -2.51. The minimum absolute atomic E-state index is 0.343. The van der Waals surface area contributed by atoms with Crippen molar-refractivity contribution in [1.29, 1.82) is 0 Å². The van der Waals surface area contributed by atoms with Gasteiger partial charge in [0.2, 0.25) is 0 Å². The van der Waals surface area contributed by atoms with Crippen molar-refractivity contribution in [3.05, 3.63) is 0 Å². The molecule has 21 heavy (non-hydrogen) atoms. The topological polar surface area (TPSA) is 15.3 Å². The fourth-order valence-corrected chi connectivity index (χ4v) is 5.11. The van der Waals surface area contributed by atoms with Gasteiger partial charge in [0, 0.05) is 11.6 Å². The molecule has 1 aliphatic heterocycles. The van der Waals surface area contributed by atoms with Gasteiger partial charge >= 0.3 is 0 Å². The second kappa shape index (κ2) is 7.97. The average Bonchev–Trinajstić information content (AvgIpc) is 2.56. The van der Waals surface area contributed by atoms with Crippen LogP contribution in [0.15, 0.2) is 0 Å². The van der Waals surface area contributed by atoms with E-state index in [1.165, 1.54) is 70.9 Å². The van der Waals surface area contributed by atoms with Crippen LogP contribution in [0.2, 0.25) is 0 Å². The van der Waals surface area contributed by atoms with Crippen molar-refractivity contribution in [2.24, 2.45) is 11.8 Å². The summed E-state index contributed by atoms with van der Waals surface area (Å²) in [6, 6.07) is 0.662. The molecule has 1 saturated carbocycles. The Labute approximate surface area is 133 Å². The van der Waals surface area contributed by atoms with E-state index in [2.05, 4.69) is 38.0 Å². The molecule has 124 valence electrons. The molecule has 0 aromatic heterocycles. The van der Waals surface area contributed by atoms with Gasteiger partial charge in [-0.05, 0) is 71.0 Å². The van der Waals surface area contributed by atoms with Gasteiger partial charge in [-0.3, -0.25) is 4.90 Å². The SMILES string of the molecule is CCC1CCCC(C(NC)C(C)(CC)N2CCCCC2)C1. The number of rotatable bonds is 6. The molecule has 2 nitrogen and oxygen atoms in total. The van der Waals surface area contributed by atoms with Gasteiger partial charge in [0.15, 0.2) is 0 Å². The molecule has 0 amide bonds. The van der Waals surface area contributed by atoms with E-state index >= 15 is 0 Å². The minimum atomic E-state index is 0.343. The molecular weight excluding hydrogens is 256 g/mol. The molecule has 0 bridgehead atoms. The van der Waals surface area contributed by atoms with Crippen molar-refractivity contribution in [1.82, 2.24) is 10.2 Å². The summed E-state index contributed by atoms with van der Waals surface area (Å²) in [4.78, 5) is 2.81. The first kappa shape index (κ1) is 17.3. The fourth-order valence-electron chi connectivity index (χ4n) is 5.11. The Morgan fingerprint density at radius 3 is 2.38 bits per heavy atom. The third-order valence-corrected chi connectivity index (χ3v) is 6.65. The molecule has 0 aromatic rings. The Morgan fingerprint density at radius 1 is 1.10 bits per heavy atom. The van der Waals surface area contributed by atoms with E-state index in [1.54, 1.807) is 0 Å². The summed E-state index contributed by atoms with van der Waals surface area (Å²) in [6.07, 6.45) is 12.7. The molecule has 0 radical (unpaired) electrons. The van der Waals surface area contributed by atoms with Crippen LogP contribution in [0.5, 0.6) is 0 Å². The van der Waals surface area contributed by atoms with Crippen molar-refractivity contribution < 1.29 is 0 Å². The van der Waals surface area contributed by atoms with Crippen LogP contribution in [0.1, 0.15) is 78.6 Å². The first-order chi connectivity index (χ1) is 10.2. The van der Waals surface area contributed by atoms with Crippen LogP contribution in [0.4, 0.5) is 0 Å². The predicted molar refractivity (Wildman–Crippen MR) is 92.7 cm³/mol. The summed E-state index contributed by atoms with van der Waals surface area (Å²) in [5.41, 5.74) is 0.343. The van der Waals surface area contributed by atoms with E-state index < -0.39 is 0 Å². The third kappa shape index (κ3) is 3.82. The Morgan fingerprint density at radius 2 is 1.81 bits per heavy atom. The molecule has 0 aromatic carbocycles. The number of piperidine rings is 1. The van der Waals surface area contributed by atoms with Crippen molar-refractivity contribution in [2.75, 3.05) is 20.1 Å². The van der Waals surface area contributed by atoms with E-state index in [-0.39, 0.29) is 0 Å². The van der Waals surface area contributed by atoms with Crippen molar-refractivity contribution in [2.45, 2.75) is 90.1 Å². The Hall–Kier alpha value is -0.0800. The van der Waals surface area contributed by atoms with Gasteiger partial charge in [-0.1, -0.05) is 39.5 Å². The maximum absolute atomic E-state index is 3.76. The van der Waals surface area contributed by atoms with Gasteiger partial charge in [0.1, 0.15) is 0 Å². The van der Waals surface area contributed by atoms with Gasteiger partial charge in [-0.25, -0.2) is 0 Å². The average molecular weight is 295 g/mol. The van der Waals surface area contributed by atoms with Crippen LogP contribution in [0, 0.1) is 11.8 Å². The zero-order chi connectivity index (χ0) is 15.3. The fraction of sp³-hybridized carbons (Fsp3) is 1.00. The van der Waals surface area contributed by atoms with E-state index in [0.29, 0.717) is 11.6 Å². The zero-order valence-corrected chi connectivity index (χ0v) is 15.0. The molecule has 2 fully saturated rings. The van der Waals surface area contributed by atoms with E-state index in [4.69, 9.17) is 0 Å². The van der Waals surface area contributed by atoms with Gasteiger partial charge in [-0.2, -0.15) is 0 Å². The highest BCUT2D eigenvalue weighted by atomic mass is 15.2. The first-order valence-electron chi connectivity index (χ1n) is 9.58. The number of likely N-dealkylation sites (N-methyl/N-ethyl adjacent to an activating group) is 1. The second-order valence-corrected chi connectivity index (χ2v) is 7.73. The lowest BCUT2D eigenvalue weighted by molar-refractivity contribution is 0.0137. The Kier molecular flexibility index (Phi) is 6.55. The van der Waals surface area contributed by atoms with Gasteiger partial charge in [-0.15, -0.1) is 0 Å². The maximum atomic E-state index is 3.76. The smallest absolute Gasteiger partial charge is 0.0334 e. The summed E-state index contributed by atoms with van der Waals surface area (Å²) in [6.45, 7) is 9.94. The lowest BCUT2D eigenvalue weighted by atomic mass is 9.70. The molecule has 1 saturated heterocycles. The molecule has 4 atom stereocenters. The number of hydrogen-bond acceptors (Lipinski definition) is 2. The summed E-state index contributed by atoms with van der Waals surface area (Å²) in [5.74, 6) is 1.85. The summed E-state index contributed by atoms with van der Waals surface area (Å²) in [5, 5.41) is 3.76. The standard InChI is InChI=1S/C19H38N2/c1-5-16-11-10-12-17(15-16)18(20-4)19(3,6-2)21-13-8-7-9-14-21/h16-18,20H,5-15H2,1-4H3. The third-order valence-electron chi connectivity index (χ3n) is 6.65. The molecule has 2 rings (SSSR count). The monoisotopic (exact) mass is 294 g/mol. The van der Waals surface area contributed by atoms with E-state index in [9.17, 15) is 0 Å². The summed E-state index contributed by atoms with van der Waals surface area (Å²) >= 11 is 0. The first-order valence-corrected chi connectivity index (χ1v) is 9.58. The van der Waals surface area contributed by atoms with E-state index in [0.717, 1.165) is 11.8 Å². The van der Waals surface area contributed by atoms with Gasteiger partial charge < -0.3 is 5.32 Å². The normalized spacial score (nSPS) is 32.6. The molecular formula is C19H38N2. The highest BCUT2D eigenvalue weighted by Gasteiger charge is 2.42. The molecule has 1 N–H and O–H groups in total. The van der Waals surface area contributed by atoms with Gasteiger partial charge in [0.25, 0.3) is 0 Å². The molecule has 2 aliphatic rings. The highest BCUT2D eigenvalue weighted by Crippen LogP contribution is 2.39. The number of hydrogen-bond donors (Lipinski definition) is 1. The van der Waals surface area contributed by atoms with Crippen LogP contribution < -0.4 is 5.32 Å². The van der Waals surface area contributed by atoms with Crippen LogP contribution in [-0.4, -0.2) is 36.6 Å². The molecule has 0 spiro atoms. The van der Waals surface area contributed by atoms with Crippen molar-refractivity contribution in [3.8, 4) is 0 Å².